The third-order valence-electron chi connectivity index (χ3n) is 7.11. The number of anilines is 1. The molecule has 4 rings (SSSR count). The first-order valence-corrected chi connectivity index (χ1v) is 14.7. The van der Waals surface area contributed by atoms with Crippen LogP contribution in [0.5, 0.6) is 5.75 Å². The molecule has 0 unspecified atom stereocenters. The lowest BCUT2D eigenvalue weighted by molar-refractivity contribution is -0.115. The quantitative estimate of drug-likeness (QED) is 0.398. The van der Waals surface area contributed by atoms with Crippen LogP contribution in [0.3, 0.4) is 0 Å². The number of aliphatic hydroxyl groups is 1. The molecule has 41 heavy (non-hydrogen) atoms. The van der Waals surface area contributed by atoms with Gasteiger partial charge in [-0.1, -0.05) is 37.3 Å². The van der Waals surface area contributed by atoms with E-state index in [9.17, 15) is 27.5 Å². The maximum absolute atomic E-state index is 13.7. The van der Waals surface area contributed by atoms with Gasteiger partial charge in [-0.15, -0.1) is 0 Å². The minimum atomic E-state index is -3.95. The van der Waals surface area contributed by atoms with Gasteiger partial charge in [-0.05, 0) is 55.0 Å². The van der Waals surface area contributed by atoms with Gasteiger partial charge < -0.3 is 20.1 Å². The van der Waals surface area contributed by atoms with E-state index < -0.39 is 28.0 Å². The van der Waals surface area contributed by atoms with E-state index in [0.29, 0.717) is 5.69 Å². The lowest BCUT2D eigenvalue weighted by Gasteiger charge is -2.38. The van der Waals surface area contributed by atoms with Crippen LogP contribution in [-0.4, -0.2) is 73.4 Å². The Morgan fingerprint density at radius 1 is 1.15 bits per heavy atom. The summed E-state index contributed by atoms with van der Waals surface area (Å²) in [6.07, 6.45) is -0.515. The van der Waals surface area contributed by atoms with Crippen LogP contribution < -0.4 is 10.1 Å². The fourth-order valence-corrected chi connectivity index (χ4v) is 5.83. The molecule has 1 aliphatic rings. The van der Waals surface area contributed by atoms with Crippen LogP contribution in [-0.2, 0) is 21.2 Å². The summed E-state index contributed by atoms with van der Waals surface area (Å²) < 4.78 is 47.2. The molecule has 3 atom stereocenters. The number of hydrogen-bond donors (Lipinski definition) is 2. The fraction of sp³-hybridized carbons (Fsp3) is 0.333. The van der Waals surface area contributed by atoms with Gasteiger partial charge in [0.05, 0.1) is 36.1 Å². The molecule has 1 aliphatic heterocycles. The van der Waals surface area contributed by atoms with Gasteiger partial charge in [-0.3, -0.25) is 9.59 Å². The summed E-state index contributed by atoms with van der Waals surface area (Å²) in [4.78, 5) is 27.8. The average Bonchev–Trinajstić information content (AvgIpc) is 2.95. The summed E-state index contributed by atoms with van der Waals surface area (Å²) in [5, 5.41) is 12.7. The minimum Gasteiger partial charge on any atom is -0.488 e. The number of sulfonamides is 1. The third kappa shape index (κ3) is 7.10. The van der Waals surface area contributed by atoms with Crippen molar-refractivity contribution < 1.29 is 32.2 Å². The van der Waals surface area contributed by atoms with Crippen LogP contribution >= 0.6 is 0 Å². The van der Waals surface area contributed by atoms with E-state index in [1.54, 1.807) is 19.1 Å². The topological polar surface area (TPSA) is 116 Å². The van der Waals surface area contributed by atoms with Gasteiger partial charge in [-0.2, -0.15) is 4.31 Å². The smallest absolute Gasteiger partial charge is 0.258 e. The number of ether oxygens (including phenoxy) is 1. The van der Waals surface area contributed by atoms with Gasteiger partial charge in [-0.25, -0.2) is 12.8 Å². The normalized spacial score (nSPS) is 18.2. The van der Waals surface area contributed by atoms with Crippen LogP contribution in [0.2, 0.25) is 0 Å². The van der Waals surface area contributed by atoms with E-state index in [1.165, 1.54) is 30.1 Å². The Bertz CT molecular complexity index is 1480. The molecule has 0 bridgehead atoms. The molecular weight excluding hydrogens is 549 g/mol. The number of benzene rings is 3. The zero-order chi connectivity index (χ0) is 29.7. The summed E-state index contributed by atoms with van der Waals surface area (Å²) in [7, 11) is -2.53. The molecule has 0 aromatic heterocycles. The molecule has 0 spiro atoms. The minimum absolute atomic E-state index is 0.0502. The highest BCUT2D eigenvalue weighted by Gasteiger charge is 2.35. The summed E-state index contributed by atoms with van der Waals surface area (Å²) in [5.41, 5.74) is 1.43. The number of amides is 2. The van der Waals surface area contributed by atoms with E-state index in [-0.39, 0.29) is 60.1 Å². The standard InChI is InChI=1S/C30H34FN3O6S/c1-20-17-34(21(2)19-35)30(37)26-16-24(32-29(36)15-22-7-5-4-6-8-22)11-14-27(26)40-28(20)18-33(3)41(38,39)25-12-9-23(31)10-13-25/h4-14,16,20-21,28,35H,15,17-19H2,1-3H3,(H,32,36)/t20-,21-,28-/m1/s1. The molecule has 3 aromatic carbocycles. The van der Waals surface area contributed by atoms with E-state index in [1.807, 2.05) is 37.3 Å². The third-order valence-corrected chi connectivity index (χ3v) is 8.95. The second-order valence-corrected chi connectivity index (χ2v) is 12.3. The number of aliphatic hydroxyl groups excluding tert-OH is 1. The van der Waals surface area contributed by atoms with Crippen molar-refractivity contribution in [3.05, 3.63) is 89.7 Å². The van der Waals surface area contributed by atoms with Crippen LogP contribution in [0.15, 0.2) is 77.7 Å². The predicted octanol–water partition coefficient (Wildman–Crippen LogP) is 3.55. The van der Waals surface area contributed by atoms with Gasteiger partial charge in [0.2, 0.25) is 15.9 Å². The summed E-state index contributed by atoms with van der Waals surface area (Å²) >= 11 is 0. The molecule has 9 nitrogen and oxygen atoms in total. The molecule has 2 amide bonds. The highest BCUT2D eigenvalue weighted by Crippen LogP contribution is 2.31. The average molecular weight is 584 g/mol. The maximum Gasteiger partial charge on any atom is 0.258 e. The number of carbonyl (C=O) groups excluding carboxylic acids is 2. The first-order valence-electron chi connectivity index (χ1n) is 13.3. The highest BCUT2D eigenvalue weighted by molar-refractivity contribution is 7.89. The van der Waals surface area contributed by atoms with Crippen LogP contribution in [0, 0.1) is 11.7 Å². The van der Waals surface area contributed by atoms with E-state index in [2.05, 4.69) is 5.32 Å². The molecule has 0 fully saturated rings. The highest BCUT2D eigenvalue weighted by atomic mass is 32.2. The van der Waals surface area contributed by atoms with E-state index in [4.69, 9.17) is 4.74 Å². The van der Waals surface area contributed by atoms with Crippen molar-refractivity contribution in [1.29, 1.82) is 0 Å². The molecule has 11 heteroatoms. The molecule has 0 saturated heterocycles. The predicted molar refractivity (Wildman–Crippen MR) is 153 cm³/mol. The van der Waals surface area contributed by atoms with Crippen molar-refractivity contribution in [2.75, 3.05) is 32.1 Å². The Morgan fingerprint density at radius 3 is 2.49 bits per heavy atom. The van der Waals surface area contributed by atoms with Gasteiger partial charge in [0.1, 0.15) is 17.7 Å². The SMILES string of the molecule is C[C@@H]1CN([C@H](C)CO)C(=O)c2cc(NC(=O)Cc3ccccc3)ccc2O[C@@H]1CN(C)S(=O)(=O)c1ccc(F)cc1. The molecular formula is C30H34FN3O6S. The Kier molecular flexibility index (Phi) is 9.42. The Labute approximate surface area is 239 Å². The molecule has 0 radical (unpaired) electrons. The molecule has 0 saturated carbocycles. The fourth-order valence-electron chi connectivity index (χ4n) is 4.64. The van der Waals surface area contributed by atoms with Crippen LogP contribution in [0.25, 0.3) is 0 Å². The van der Waals surface area contributed by atoms with Crippen LogP contribution in [0.1, 0.15) is 29.8 Å². The van der Waals surface area contributed by atoms with Gasteiger partial charge in [0.25, 0.3) is 5.91 Å². The summed E-state index contributed by atoms with van der Waals surface area (Å²) in [5.74, 6) is -1.26. The van der Waals surface area contributed by atoms with Crippen molar-refractivity contribution in [1.82, 2.24) is 9.21 Å². The zero-order valence-electron chi connectivity index (χ0n) is 23.2. The van der Waals surface area contributed by atoms with Gasteiger partial charge in [0, 0.05) is 25.2 Å². The lowest BCUT2D eigenvalue weighted by atomic mass is 9.99. The number of likely N-dealkylation sites (N-methyl/N-ethyl adjacent to an activating group) is 1. The largest absolute Gasteiger partial charge is 0.488 e. The number of hydrogen-bond acceptors (Lipinski definition) is 6. The summed E-state index contributed by atoms with van der Waals surface area (Å²) in [6, 6.07) is 18.0. The monoisotopic (exact) mass is 583 g/mol. The van der Waals surface area contributed by atoms with Crippen molar-refractivity contribution in [2.45, 2.75) is 37.3 Å². The number of halogens is 1. The second-order valence-electron chi connectivity index (χ2n) is 10.3. The van der Waals surface area contributed by atoms with Crippen molar-refractivity contribution >= 4 is 27.5 Å². The second kappa shape index (κ2) is 12.8. The van der Waals surface area contributed by atoms with E-state index in [0.717, 1.165) is 22.0 Å². The Morgan fingerprint density at radius 2 is 1.83 bits per heavy atom. The molecule has 0 aliphatic carbocycles. The van der Waals surface area contributed by atoms with Crippen molar-refractivity contribution in [3.8, 4) is 5.75 Å². The van der Waals surface area contributed by atoms with Crippen LogP contribution in [0.4, 0.5) is 10.1 Å². The maximum atomic E-state index is 13.7. The summed E-state index contributed by atoms with van der Waals surface area (Å²) in [6.45, 7) is 3.44. The number of nitrogens with zero attached hydrogens (tertiary/aromatic N) is 2. The van der Waals surface area contributed by atoms with Gasteiger partial charge >= 0.3 is 0 Å². The molecule has 218 valence electrons. The first kappa shape index (κ1) is 30.2. The zero-order valence-corrected chi connectivity index (χ0v) is 24.0. The van der Waals surface area contributed by atoms with Crippen molar-refractivity contribution in [2.24, 2.45) is 5.92 Å². The Hall–Kier alpha value is -3.80. The number of fused-ring (bicyclic) bond motifs is 1. The Balaban J connectivity index is 1.61. The molecule has 2 N–H and O–H groups in total. The number of rotatable bonds is 9. The molecule has 1 heterocycles. The lowest BCUT2D eigenvalue weighted by Crippen LogP contribution is -2.50. The van der Waals surface area contributed by atoms with E-state index >= 15 is 0 Å². The first-order chi connectivity index (χ1) is 19.5. The van der Waals surface area contributed by atoms with Crippen molar-refractivity contribution in [3.63, 3.8) is 0 Å². The number of nitrogens with one attached hydrogen (secondary N) is 1. The number of carbonyl (C=O) groups is 2. The molecule has 3 aromatic rings. The van der Waals surface area contributed by atoms with Gasteiger partial charge in [0.15, 0.2) is 0 Å².